The lowest BCUT2D eigenvalue weighted by Crippen LogP contribution is -2.06. The van der Waals surface area contributed by atoms with Crippen molar-refractivity contribution < 1.29 is 0 Å². The summed E-state index contributed by atoms with van der Waals surface area (Å²) in [6, 6.07) is 55.5. The molecule has 2 aromatic heterocycles. The van der Waals surface area contributed by atoms with Gasteiger partial charge in [-0.15, -0.1) is 0 Å². The van der Waals surface area contributed by atoms with Crippen LogP contribution >= 0.6 is 0 Å². The Labute approximate surface area is 270 Å². The maximum atomic E-state index is 5.24. The van der Waals surface area contributed by atoms with Crippen LogP contribution in [0.2, 0.25) is 0 Å². The maximum absolute atomic E-state index is 5.24. The van der Waals surface area contributed by atoms with Gasteiger partial charge in [-0.2, -0.15) is 9.97 Å². The summed E-state index contributed by atoms with van der Waals surface area (Å²) in [7, 11) is 0. The third-order valence-corrected chi connectivity index (χ3v) is 9.40. The summed E-state index contributed by atoms with van der Waals surface area (Å²) in [5.41, 5.74) is 4.05. The lowest BCUT2D eigenvalue weighted by atomic mass is 9.92. The molecule has 0 atom stereocenters. The van der Waals surface area contributed by atoms with Crippen molar-refractivity contribution in [1.82, 2.24) is 19.5 Å². The number of rotatable bonds is 3. The van der Waals surface area contributed by atoms with Crippen molar-refractivity contribution in [1.29, 1.82) is 0 Å². The molecule has 0 aliphatic heterocycles. The molecule has 218 valence electrons. The second-order valence-corrected chi connectivity index (χ2v) is 12.0. The Morgan fingerprint density at radius 3 is 1.49 bits per heavy atom. The maximum Gasteiger partial charge on any atom is 0.238 e. The zero-order chi connectivity index (χ0) is 30.9. The fourth-order valence-corrected chi connectivity index (χ4v) is 7.35. The minimum atomic E-state index is 0.595. The molecule has 47 heavy (non-hydrogen) atoms. The summed E-state index contributed by atoms with van der Waals surface area (Å²) in [4.78, 5) is 15.5. The lowest BCUT2D eigenvalue weighted by molar-refractivity contribution is 0.955. The van der Waals surface area contributed by atoms with E-state index in [4.69, 9.17) is 15.0 Å². The van der Waals surface area contributed by atoms with Crippen LogP contribution in [-0.2, 0) is 0 Å². The third kappa shape index (κ3) is 3.85. The third-order valence-electron chi connectivity index (χ3n) is 9.40. The van der Waals surface area contributed by atoms with Crippen molar-refractivity contribution in [2.75, 3.05) is 0 Å². The summed E-state index contributed by atoms with van der Waals surface area (Å²) in [6.07, 6.45) is 0. The van der Waals surface area contributed by atoms with Gasteiger partial charge in [0, 0.05) is 32.7 Å². The Bertz CT molecular complexity index is 2780. The van der Waals surface area contributed by atoms with Gasteiger partial charge in [0.15, 0.2) is 11.6 Å². The molecule has 0 fully saturated rings. The molecule has 0 saturated carbocycles. The molecule has 8 aromatic carbocycles. The average molecular weight is 599 g/mol. The van der Waals surface area contributed by atoms with Crippen LogP contribution in [0.3, 0.4) is 0 Å². The first-order valence-electron chi connectivity index (χ1n) is 15.9. The molecule has 0 aliphatic rings. The van der Waals surface area contributed by atoms with Crippen LogP contribution < -0.4 is 0 Å². The second kappa shape index (κ2) is 10.1. The van der Waals surface area contributed by atoms with Crippen LogP contribution in [0.25, 0.3) is 93.6 Å². The summed E-state index contributed by atoms with van der Waals surface area (Å²) in [5, 5.41) is 12.1. The molecule has 0 N–H and O–H groups in total. The SMILES string of the molecule is c1ccc(-c2nc(-c3ccccc3)nc(-n3c4ccc5ccccc5c4c4c5c6ccccc6ccc5c5ccccc5c43)n2)cc1. The van der Waals surface area contributed by atoms with Gasteiger partial charge >= 0.3 is 0 Å². The average Bonchev–Trinajstić information content (AvgIpc) is 3.51. The Morgan fingerprint density at radius 2 is 0.851 bits per heavy atom. The number of hydrogen-bond acceptors (Lipinski definition) is 3. The van der Waals surface area contributed by atoms with Gasteiger partial charge in [0.2, 0.25) is 5.95 Å². The van der Waals surface area contributed by atoms with Crippen LogP contribution in [0.5, 0.6) is 0 Å². The molecule has 0 spiro atoms. The van der Waals surface area contributed by atoms with Gasteiger partial charge < -0.3 is 0 Å². The highest BCUT2D eigenvalue weighted by molar-refractivity contribution is 6.39. The molecule has 0 bridgehead atoms. The van der Waals surface area contributed by atoms with E-state index < -0.39 is 0 Å². The van der Waals surface area contributed by atoms with Crippen molar-refractivity contribution in [2.24, 2.45) is 0 Å². The minimum Gasteiger partial charge on any atom is -0.277 e. The Kier molecular flexibility index (Phi) is 5.54. The summed E-state index contributed by atoms with van der Waals surface area (Å²) in [6.45, 7) is 0. The topological polar surface area (TPSA) is 43.6 Å². The highest BCUT2D eigenvalue weighted by Crippen LogP contribution is 2.46. The fraction of sp³-hybridized carbons (Fsp3) is 0. The van der Waals surface area contributed by atoms with Crippen LogP contribution in [0.15, 0.2) is 158 Å². The van der Waals surface area contributed by atoms with E-state index in [9.17, 15) is 0 Å². The van der Waals surface area contributed by atoms with Gasteiger partial charge in [0.25, 0.3) is 0 Å². The molecule has 2 heterocycles. The normalized spacial score (nSPS) is 11.8. The van der Waals surface area contributed by atoms with E-state index in [1.54, 1.807) is 0 Å². The van der Waals surface area contributed by atoms with Gasteiger partial charge in [-0.25, -0.2) is 4.98 Å². The fourth-order valence-electron chi connectivity index (χ4n) is 7.35. The van der Waals surface area contributed by atoms with E-state index >= 15 is 0 Å². The van der Waals surface area contributed by atoms with Crippen molar-refractivity contribution in [3.63, 3.8) is 0 Å². The van der Waals surface area contributed by atoms with Crippen LogP contribution in [0, 0.1) is 0 Å². The first-order valence-corrected chi connectivity index (χ1v) is 15.9. The number of hydrogen-bond donors (Lipinski definition) is 0. The minimum absolute atomic E-state index is 0.595. The Morgan fingerprint density at radius 1 is 0.340 bits per heavy atom. The Hall–Kier alpha value is -6.39. The molecule has 0 aliphatic carbocycles. The van der Waals surface area contributed by atoms with Crippen molar-refractivity contribution >= 4 is 64.9 Å². The number of aromatic nitrogens is 4. The van der Waals surface area contributed by atoms with Gasteiger partial charge in [0.1, 0.15) is 0 Å². The van der Waals surface area contributed by atoms with Gasteiger partial charge in [-0.3, -0.25) is 4.57 Å². The van der Waals surface area contributed by atoms with E-state index in [2.05, 4.69) is 126 Å². The van der Waals surface area contributed by atoms with E-state index in [0.717, 1.165) is 27.5 Å². The first-order chi connectivity index (χ1) is 23.3. The van der Waals surface area contributed by atoms with Gasteiger partial charge in [-0.1, -0.05) is 152 Å². The number of benzene rings is 8. The first kappa shape index (κ1) is 25.9. The van der Waals surface area contributed by atoms with Gasteiger partial charge in [0.05, 0.1) is 11.0 Å². The van der Waals surface area contributed by atoms with Crippen molar-refractivity contribution in [2.45, 2.75) is 0 Å². The zero-order valence-electron chi connectivity index (χ0n) is 25.3. The van der Waals surface area contributed by atoms with Crippen LogP contribution in [-0.4, -0.2) is 19.5 Å². The number of nitrogens with zero attached hydrogens (tertiary/aromatic N) is 4. The van der Waals surface area contributed by atoms with E-state index in [-0.39, 0.29) is 0 Å². The Balaban J connectivity index is 1.48. The summed E-state index contributed by atoms with van der Waals surface area (Å²) in [5.74, 6) is 1.87. The van der Waals surface area contributed by atoms with Crippen LogP contribution in [0.1, 0.15) is 0 Å². The predicted molar refractivity (Wildman–Crippen MR) is 195 cm³/mol. The largest absolute Gasteiger partial charge is 0.277 e. The standard InChI is InChI=1S/C43H26N4/c1-3-15-29(16-4-1)41-44-42(30-17-5-2-6-18-30)46-43(45-41)47-36-26-24-28-14-8-10-20-32(28)38(36)39-37-31-19-9-7-13-27(31)23-25-34(37)33-21-11-12-22-35(33)40(39)47/h1-26H. The lowest BCUT2D eigenvalue weighted by Gasteiger charge is -2.14. The van der Waals surface area contributed by atoms with E-state index in [0.29, 0.717) is 17.6 Å². The highest BCUT2D eigenvalue weighted by atomic mass is 15.2. The van der Waals surface area contributed by atoms with Crippen LogP contribution in [0.4, 0.5) is 0 Å². The molecule has 0 saturated heterocycles. The molecule has 0 unspecified atom stereocenters. The molecule has 0 amide bonds. The summed E-state index contributed by atoms with van der Waals surface area (Å²) < 4.78 is 2.28. The molecular weight excluding hydrogens is 573 g/mol. The number of fused-ring (bicyclic) bond motifs is 12. The monoisotopic (exact) mass is 598 g/mol. The van der Waals surface area contributed by atoms with Crippen molar-refractivity contribution in [3.05, 3.63) is 158 Å². The molecule has 4 nitrogen and oxygen atoms in total. The molecule has 0 radical (unpaired) electrons. The molecule has 10 rings (SSSR count). The second-order valence-electron chi connectivity index (χ2n) is 12.0. The predicted octanol–water partition coefficient (Wildman–Crippen LogP) is 10.9. The molecular formula is C43H26N4. The van der Waals surface area contributed by atoms with E-state index in [1.165, 1.54) is 48.5 Å². The smallest absolute Gasteiger partial charge is 0.238 e. The summed E-state index contributed by atoms with van der Waals surface area (Å²) >= 11 is 0. The molecule has 4 heteroatoms. The van der Waals surface area contributed by atoms with Gasteiger partial charge in [-0.05, 0) is 38.4 Å². The highest BCUT2D eigenvalue weighted by Gasteiger charge is 2.24. The van der Waals surface area contributed by atoms with E-state index in [1.807, 2.05) is 36.4 Å². The van der Waals surface area contributed by atoms with Crippen molar-refractivity contribution in [3.8, 4) is 28.7 Å². The quantitative estimate of drug-likeness (QED) is 0.190. The zero-order valence-corrected chi connectivity index (χ0v) is 25.3. The molecule has 10 aromatic rings.